The predicted octanol–water partition coefficient (Wildman–Crippen LogP) is 9.95. The van der Waals surface area contributed by atoms with E-state index in [0.29, 0.717) is 33.8 Å². The van der Waals surface area contributed by atoms with Crippen LogP contribution in [0.5, 0.6) is 5.75 Å². The SMILES string of the molecule is Oc1ccccc1-c1nc(-c2cc(-c3ccccc3)cc(N(c3ccccc3)c3ccccn3)c2)nc2c1oc1ccccc12. The van der Waals surface area contributed by atoms with Gasteiger partial charge in [-0.1, -0.05) is 78.9 Å². The van der Waals surface area contributed by atoms with Gasteiger partial charge >= 0.3 is 0 Å². The number of aromatic hydroxyl groups is 1. The van der Waals surface area contributed by atoms with Crippen LogP contribution in [0, 0.1) is 0 Å². The van der Waals surface area contributed by atoms with Crippen molar-refractivity contribution >= 4 is 39.3 Å². The molecule has 8 aromatic rings. The van der Waals surface area contributed by atoms with E-state index in [0.717, 1.165) is 39.3 Å². The number of rotatable bonds is 6. The topological polar surface area (TPSA) is 75.3 Å². The van der Waals surface area contributed by atoms with Crippen molar-refractivity contribution in [2.45, 2.75) is 0 Å². The van der Waals surface area contributed by atoms with Gasteiger partial charge in [0.15, 0.2) is 11.4 Å². The first-order valence-corrected chi connectivity index (χ1v) is 14.7. The molecule has 0 fully saturated rings. The van der Waals surface area contributed by atoms with E-state index >= 15 is 0 Å². The van der Waals surface area contributed by atoms with E-state index in [-0.39, 0.29) is 5.75 Å². The van der Waals surface area contributed by atoms with Crippen LogP contribution in [-0.2, 0) is 0 Å². The normalized spacial score (nSPS) is 11.2. The molecule has 6 heteroatoms. The van der Waals surface area contributed by atoms with Crippen molar-refractivity contribution in [3.8, 4) is 39.5 Å². The highest BCUT2D eigenvalue weighted by Crippen LogP contribution is 2.41. The molecule has 5 aromatic carbocycles. The van der Waals surface area contributed by atoms with Crippen LogP contribution in [0.3, 0.4) is 0 Å². The van der Waals surface area contributed by atoms with Crippen molar-refractivity contribution in [2.24, 2.45) is 0 Å². The number of fused-ring (bicyclic) bond motifs is 3. The van der Waals surface area contributed by atoms with E-state index in [4.69, 9.17) is 19.4 Å². The quantitative estimate of drug-likeness (QED) is 0.210. The van der Waals surface area contributed by atoms with Crippen LogP contribution in [0.2, 0.25) is 0 Å². The van der Waals surface area contributed by atoms with Crippen LogP contribution in [-0.4, -0.2) is 20.1 Å². The molecule has 3 heterocycles. The largest absolute Gasteiger partial charge is 0.507 e. The number of hydrogen-bond acceptors (Lipinski definition) is 6. The Kier molecular flexibility index (Phi) is 6.50. The molecule has 3 aromatic heterocycles. The molecule has 6 nitrogen and oxygen atoms in total. The Hall–Kier alpha value is -6.27. The van der Waals surface area contributed by atoms with E-state index in [9.17, 15) is 5.11 Å². The molecule has 0 amide bonds. The van der Waals surface area contributed by atoms with Gasteiger partial charge in [-0.05, 0) is 77.9 Å². The highest BCUT2D eigenvalue weighted by atomic mass is 16.3. The van der Waals surface area contributed by atoms with E-state index in [1.165, 1.54) is 0 Å². The van der Waals surface area contributed by atoms with Gasteiger partial charge in [-0.25, -0.2) is 15.0 Å². The zero-order valence-corrected chi connectivity index (χ0v) is 24.1. The summed E-state index contributed by atoms with van der Waals surface area (Å²) in [6, 6.07) is 47.7. The number of pyridine rings is 1. The number of phenolic OH excluding ortho intramolecular Hbond substituents is 1. The van der Waals surface area contributed by atoms with Gasteiger partial charge in [0.1, 0.15) is 28.4 Å². The molecule has 0 saturated carbocycles. The van der Waals surface area contributed by atoms with Crippen molar-refractivity contribution in [2.75, 3.05) is 4.90 Å². The molecule has 0 saturated heterocycles. The average molecular weight is 583 g/mol. The van der Waals surface area contributed by atoms with Gasteiger partial charge in [0, 0.05) is 34.1 Å². The molecule has 214 valence electrons. The van der Waals surface area contributed by atoms with Crippen LogP contribution in [0.4, 0.5) is 17.2 Å². The van der Waals surface area contributed by atoms with Gasteiger partial charge in [0.05, 0.1) is 0 Å². The number of aromatic nitrogens is 3. The molecule has 0 atom stereocenters. The second-order valence-corrected chi connectivity index (χ2v) is 10.7. The zero-order chi connectivity index (χ0) is 30.2. The number of furan rings is 1. The fraction of sp³-hybridized carbons (Fsp3) is 0. The average Bonchev–Trinajstić information content (AvgIpc) is 3.48. The second kappa shape index (κ2) is 11.1. The van der Waals surface area contributed by atoms with Crippen LogP contribution < -0.4 is 4.90 Å². The lowest BCUT2D eigenvalue weighted by Crippen LogP contribution is -2.11. The van der Waals surface area contributed by atoms with Crippen molar-refractivity contribution in [1.29, 1.82) is 0 Å². The summed E-state index contributed by atoms with van der Waals surface area (Å²) in [6.07, 6.45) is 1.80. The molecule has 0 aliphatic carbocycles. The Labute approximate surface area is 259 Å². The number of para-hydroxylation sites is 3. The lowest BCUT2D eigenvalue weighted by molar-refractivity contribution is 0.477. The van der Waals surface area contributed by atoms with E-state index in [2.05, 4.69) is 47.4 Å². The van der Waals surface area contributed by atoms with Crippen molar-refractivity contribution in [3.63, 3.8) is 0 Å². The predicted molar refractivity (Wildman–Crippen MR) is 180 cm³/mol. The molecular formula is C39H26N4O2. The van der Waals surface area contributed by atoms with Crippen LogP contribution in [0.25, 0.3) is 55.8 Å². The summed E-state index contributed by atoms with van der Waals surface area (Å²) in [5, 5.41) is 11.8. The van der Waals surface area contributed by atoms with Gasteiger partial charge in [0.25, 0.3) is 0 Å². The highest BCUT2D eigenvalue weighted by Gasteiger charge is 2.22. The Balaban J connectivity index is 1.42. The molecule has 0 bridgehead atoms. The second-order valence-electron chi connectivity index (χ2n) is 10.7. The minimum atomic E-state index is 0.119. The van der Waals surface area contributed by atoms with Gasteiger partial charge in [-0.15, -0.1) is 0 Å². The van der Waals surface area contributed by atoms with Gasteiger partial charge in [-0.3, -0.25) is 4.90 Å². The standard InChI is InChI=1S/C39H26N4O2/c44-33-19-9-7-17-31(33)36-38-37(32-18-8-10-20-34(32)45-38)42-39(41-36)28-23-27(26-13-3-1-4-14-26)24-30(25-28)43(29-15-5-2-6-16-29)35-21-11-12-22-40-35/h1-25,44H. The van der Waals surface area contributed by atoms with Gasteiger partial charge in [-0.2, -0.15) is 0 Å². The lowest BCUT2D eigenvalue weighted by Gasteiger charge is -2.25. The van der Waals surface area contributed by atoms with Crippen molar-refractivity contribution in [1.82, 2.24) is 15.0 Å². The minimum absolute atomic E-state index is 0.119. The van der Waals surface area contributed by atoms with Crippen LogP contribution >= 0.6 is 0 Å². The van der Waals surface area contributed by atoms with E-state index in [1.54, 1.807) is 18.3 Å². The van der Waals surface area contributed by atoms with Crippen molar-refractivity contribution in [3.05, 3.63) is 152 Å². The first-order valence-electron chi connectivity index (χ1n) is 14.7. The van der Waals surface area contributed by atoms with E-state index < -0.39 is 0 Å². The smallest absolute Gasteiger partial charge is 0.180 e. The minimum Gasteiger partial charge on any atom is -0.507 e. The first-order chi connectivity index (χ1) is 22.2. The van der Waals surface area contributed by atoms with E-state index in [1.807, 2.05) is 91.0 Å². The number of anilines is 3. The third-order valence-electron chi connectivity index (χ3n) is 7.81. The number of benzene rings is 5. The zero-order valence-electron chi connectivity index (χ0n) is 24.1. The molecule has 45 heavy (non-hydrogen) atoms. The molecule has 0 unspecified atom stereocenters. The highest BCUT2D eigenvalue weighted by molar-refractivity contribution is 6.07. The Morgan fingerprint density at radius 3 is 2.09 bits per heavy atom. The summed E-state index contributed by atoms with van der Waals surface area (Å²) < 4.78 is 6.30. The third kappa shape index (κ3) is 4.84. The Bertz CT molecular complexity index is 2250. The molecule has 8 rings (SSSR count). The fourth-order valence-corrected chi connectivity index (χ4v) is 5.72. The summed E-state index contributed by atoms with van der Waals surface area (Å²) in [4.78, 5) is 17.0. The summed E-state index contributed by atoms with van der Waals surface area (Å²) in [5.41, 5.74) is 7.78. The third-order valence-corrected chi connectivity index (χ3v) is 7.81. The maximum Gasteiger partial charge on any atom is 0.180 e. The molecule has 1 N–H and O–H groups in total. The van der Waals surface area contributed by atoms with Gasteiger partial charge in [0.2, 0.25) is 0 Å². The summed E-state index contributed by atoms with van der Waals surface area (Å²) in [5.74, 6) is 1.42. The molecule has 0 aliphatic rings. The molecular weight excluding hydrogens is 556 g/mol. The summed E-state index contributed by atoms with van der Waals surface area (Å²) >= 11 is 0. The molecule has 0 radical (unpaired) electrons. The summed E-state index contributed by atoms with van der Waals surface area (Å²) in [6.45, 7) is 0. The number of phenols is 1. The first kappa shape index (κ1) is 26.4. The van der Waals surface area contributed by atoms with Crippen molar-refractivity contribution < 1.29 is 9.52 Å². The van der Waals surface area contributed by atoms with Crippen LogP contribution in [0.15, 0.2) is 156 Å². The summed E-state index contributed by atoms with van der Waals surface area (Å²) in [7, 11) is 0. The maximum absolute atomic E-state index is 10.9. The lowest BCUT2D eigenvalue weighted by atomic mass is 10.0. The maximum atomic E-state index is 10.9. The molecule has 0 spiro atoms. The number of nitrogens with zero attached hydrogens (tertiary/aromatic N) is 4. The number of hydrogen-bond donors (Lipinski definition) is 1. The monoisotopic (exact) mass is 582 g/mol. The Morgan fingerprint density at radius 2 is 1.29 bits per heavy atom. The fourth-order valence-electron chi connectivity index (χ4n) is 5.72. The molecule has 0 aliphatic heterocycles. The van der Waals surface area contributed by atoms with Crippen LogP contribution in [0.1, 0.15) is 0 Å². The van der Waals surface area contributed by atoms with Gasteiger partial charge < -0.3 is 9.52 Å². The Morgan fingerprint density at radius 1 is 0.578 bits per heavy atom.